The SMILES string of the molecule is CCC(N)c1ccc2c(c1)CCC(C)(C)O2. The number of benzene rings is 1. The lowest BCUT2D eigenvalue weighted by molar-refractivity contribution is 0.0846. The quantitative estimate of drug-likeness (QED) is 0.829. The van der Waals surface area contributed by atoms with Crippen LogP contribution in [0.3, 0.4) is 0 Å². The van der Waals surface area contributed by atoms with Gasteiger partial charge in [-0.2, -0.15) is 0 Å². The molecule has 1 unspecified atom stereocenters. The molecule has 1 aliphatic heterocycles. The maximum absolute atomic E-state index is 6.04. The summed E-state index contributed by atoms with van der Waals surface area (Å²) in [5.74, 6) is 1.03. The Bertz CT molecular complexity index is 384. The van der Waals surface area contributed by atoms with E-state index in [-0.39, 0.29) is 11.6 Å². The minimum Gasteiger partial charge on any atom is -0.488 e. The maximum atomic E-state index is 6.04. The van der Waals surface area contributed by atoms with E-state index >= 15 is 0 Å². The van der Waals surface area contributed by atoms with Gasteiger partial charge in [0, 0.05) is 6.04 Å². The largest absolute Gasteiger partial charge is 0.488 e. The van der Waals surface area contributed by atoms with Crippen LogP contribution < -0.4 is 10.5 Å². The summed E-state index contributed by atoms with van der Waals surface area (Å²) in [6, 6.07) is 6.52. The van der Waals surface area contributed by atoms with E-state index in [1.165, 1.54) is 11.1 Å². The van der Waals surface area contributed by atoms with Gasteiger partial charge >= 0.3 is 0 Å². The van der Waals surface area contributed by atoms with E-state index in [0.717, 1.165) is 25.0 Å². The van der Waals surface area contributed by atoms with Crippen LogP contribution in [0, 0.1) is 0 Å². The summed E-state index contributed by atoms with van der Waals surface area (Å²) in [4.78, 5) is 0. The highest BCUT2D eigenvalue weighted by Crippen LogP contribution is 2.34. The Kier molecular flexibility index (Phi) is 2.94. The zero-order valence-corrected chi connectivity index (χ0v) is 10.4. The Balaban J connectivity index is 2.28. The molecule has 2 N–H and O–H groups in total. The van der Waals surface area contributed by atoms with Gasteiger partial charge in [-0.15, -0.1) is 0 Å². The second-order valence-electron chi connectivity index (χ2n) is 5.24. The van der Waals surface area contributed by atoms with Crippen LogP contribution in [0.4, 0.5) is 0 Å². The fourth-order valence-corrected chi connectivity index (χ4v) is 2.15. The van der Waals surface area contributed by atoms with Crippen molar-refractivity contribution in [3.63, 3.8) is 0 Å². The van der Waals surface area contributed by atoms with Crippen LogP contribution in [0.5, 0.6) is 5.75 Å². The topological polar surface area (TPSA) is 35.2 Å². The zero-order chi connectivity index (χ0) is 11.8. The van der Waals surface area contributed by atoms with Crippen molar-refractivity contribution < 1.29 is 4.74 Å². The second-order valence-corrected chi connectivity index (χ2v) is 5.24. The zero-order valence-electron chi connectivity index (χ0n) is 10.4. The lowest BCUT2D eigenvalue weighted by atomic mass is 9.92. The lowest BCUT2D eigenvalue weighted by Crippen LogP contribution is -2.32. The number of fused-ring (bicyclic) bond motifs is 1. The Morgan fingerprint density at radius 2 is 2.19 bits per heavy atom. The number of nitrogens with two attached hydrogens (primary N) is 1. The molecule has 16 heavy (non-hydrogen) atoms. The van der Waals surface area contributed by atoms with E-state index in [1.807, 2.05) is 0 Å². The van der Waals surface area contributed by atoms with Crippen LogP contribution in [0.2, 0.25) is 0 Å². The van der Waals surface area contributed by atoms with Gasteiger partial charge in [0.15, 0.2) is 0 Å². The second kappa shape index (κ2) is 4.10. The fourth-order valence-electron chi connectivity index (χ4n) is 2.15. The van der Waals surface area contributed by atoms with Gasteiger partial charge in [0.1, 0.15) is 11.4 Å². The summed E-state index contributed by atoms with van der Waals surface area (Å²) in [6.45, 7) is 6.40. The molecule has 1 atom stereocenters. The molecule has 0 aromatic heterocycles. The van der Waals surface area contributed by atoms with Gasteiger partial charge in [-0.3, -0.25) is 0 Å². The first-order valence-electron chi connectivity index (χ1n) is 6.09. The highest BCUT2D eigenvalue weighted by Gasteiger charge is 2.26. The summed E-state index contributed by atoms with van der Waals surface area (Å²) in [5.41, 5.74) is 8.55. The smallest absolute Gasteiger partial charge is 0.123 e. The van der Waals surface area contributed by atoms with Crippen molar-refractivity contribution in [3.05, 3.63) is 29.3 Å². The molecule has 0 saturated carbocycles. The highest BCUT2D eigenvalue weighted by molar-refractivity contribution is 5.40. The van der Waals surface area contributed by atoms with Gasteiger partial charge in [-0.1, -0.05) is 19.1 Å². The number of hydrogen-bond donors (Lipinski definition) is 1. The average Bonchev–Trinajstić information content (AvgIpc) is 2.26. The Hall–Kier alpha value is -1.02. The molecule has 0 amide bonds. The average molecular weight is 219 g/mol. The molecule has 0 radical (unpaired) electrons. The lowest BCUT2D eigenvalue weighted by Gasteiger charge is -2.33. The van der Waals surface area contributed by atoms with Crippen LogP contribution in [-0.4, -0.2) is 5.60 Å². The Morgan fingerprint density at radius 3 is 2.88 bits per heavy atom. The van der Waals surface area contributed by atoms with Gasteiger partial charge in [-0.25, -0.2) is 0 Å². The molecule has 1 aromatic rings. The van der Waals surface area contributed by atoms with E-state index < -0.39 is 0 Å². The first-order chi connectivity index (χ1) is 7.52. The number of aryl methyl sites for hydroxylation is 1. The molecule has 1 aromatic carbocycles. The molecule has 1 heterocycles. The van der Waals surface area contributed by atoms with Crippen molar-refractivity contribution in [2.45, 2.75) is 51.7 Å². The monoisotopic (exact) mass is 219 g/mol. The molecule has 2 heteroatoms. The van der Waals surface area contributed by atoms with Crippen LogP contribution >= 0.6 is 0 Å². The maximum Gasteiger partial charge on any atom is 0.123 e. The number of ether oxygens (including phenoxy) is 1. The molecule has 0 aliphatic carbocycles. The molecule has 88 valence electrons. The predicted molar refractivity (Wildman–Crippen MR) is 66.7 cm³/mol. The predicted octanol–water partition coefficient (Wildman–Crippen LogP) is 3.20. The van der Waals surface area contributed by atoms with Gasteiger partial charge in [0.25, 0.3) is 0 Å². The van der Waals surface area contributed by atoms with Gasteiger partial charge in [0.05, 0.1) is 0 Å². The van der Waals surface area contributed by atoms with Gasteiger partial charge in [0.2, 0.25) is 0 Å². The summed E-state index contributed by atoms with van der Waals surface area (Å²) in [5, 5.41) is 0. The molecule has 0 fully saturated rings. The van der Waals surface area contributed by atoms with E-state index in [1.54, 1.807) is 0 Å². The van der Waals surface area contributed by atoms with Crippen molar-refractivity contribution in [1.82, 2.24) is 0 Å². The third-order valence-electron chi connectivity index (χ3n) is 3.34. The Morgan fingerprint density at radius 1 is 1.44 bits per heavy atom. The third-order valence-corrected chi connectivity index (χ3v) is 3.34. The number of rotatable bonds is 2. The van der Waals surface area contributed by atoms with E-state index in [2.05, 4.69) is 39.0 Å². The van der Waals surface area contributed by atoms with Gasteiger partial charge in [-0.05, 0) is 50.3 Å². The van der Waals surface area contributed by atoms with Gasteiger partial charge < -0.3 is 10.5 Å². The standard InChI is InChI=1S/C14H21NO/c1-4-12(15)10-5-6-13-11(9-10)7-8-14(2,3)16-13/h5-6,9,12H,4,7-8,15H2,1-3H3. The first-order valence-corrected chi connectivity index (χ1v) is 6.09. The molecule has 1 aliphatic rings. The molecule has 0 saturated heterocycles. The normalized spacial score (nSPS) is 19.8. The van der Waals surface area contributed by atoms with E-state index in [0.29, 0.717) is 0 Å². The summed E-state index contributed by atoms with van der Waals surface area (Å²) in [7, 11) is 0. The minimum atomic E-state index is -0.0264. The highest BCUT2D eigenvalue weighted by atomic mass is 16.5. The van der Waals surface area contributed by atoms with Crippen molar-refractivity contribution in [3.8, 4) is 5.75 Å². The minimum absolute atomic E-state index is 0.0264. The molecule has 0 spiro atoms. The van der Waals surface area contributed by atoms with Crippen LogP contribution in [0.1, 0.15) is 50.8 Å². The molecule has 2 nitrogen and oxygen atoms in total. The fraction of sp³-hybridized carbons (Fsp3) is 0.571. The van der Waals surface area contributed by atoms with Crippen LogP contribution in [0.25, 0.3) is 0 Å². The summed E-state index contributed by atoms with van der Waals surface area (Å²) in [6.07, 6.45) is 3.14. The van der Waals surface area contributed by atoms with E-state index in [9.17, 15) is 0 Å². The van der Waals surface area contributed by atoms with Crippen molar-refractivity contribution in [2.24, 2.45) is 5.73 Å². The molecular weight excluding hydrogens is 198 g/mol. The molecular formula is C14H21NO. The van der Waals surface area contributed by atoms with Crippen molar-refractivity contribution in [2.75, 3.05) is 0 Å². The first kappa shape index (κ1) is 11.5. The summed E-state index contributed by atoms with van der Waals surface area (Å²) < 4.78 is 5.95. The number of hydrogen-bond acceptors (Lipinski definition) is 2. The van der Waals surface area contributed by atoms with Crippen LogP contribution in [0.15, 0.2) is 18.2 Å². The third kappa shape index (κ3) is 2.22. The molecule has 0 bridgehead atoms. The Labute approximate surface area is 97.8 Å². The van der Waals surface area contributed by atoms with E-state index in [4.69, 9.17) is 10.5 Å². The van der Waals surface area contributed by atoms with Crippen molar-refractivity contribution >= 4 is 0 Å². The van der Waals surface area contributed by atoms with Crippen LogP contribution in [-0.2, 0) is 6.42 Å². The summed E-state index contributed by atoms with van der Waals surface area (Å²) >= 11 is 0. The molecule has 2 rings (SSSR count). The van der Waals surface area contributed by atoms with Crippen molar-refractivity contribution in [1.29, 1.82) is 0 Å².